The van der Waals surface area contributed by atoms with Gasteiger partial charge in [0.25, 0.3) is 5.91 Å². The van der Waals surface area contributed by atoms with E-state index in [1.165, 1.54) is 0 Å². The van der Waals surface area contributed by atoms with Gasteiger partial charge in [-0.25, -0.2) is 0 Å². The summed E-state index contributed by atoms with van der Waals surface area (Å²) in [5.41, 5.74) is 1.29. The highest BCUT2D eigenvalue weighted by atomic mass is 16.3. The van der Waals surface area contributed by atoms with Gasteiger partial charge in [0, 0.05) is 37.5 Å². The van der Waals surface area contributed by atoms with Crippen molar-refractivity contribution in [3.8, 4) is 0 Å². The van der Waals surface area contributed by atoms with Gasteiger partial charge in [0.15, 0.2) is 0 Å². The Bertz CT molecular complexity index is 397. The predicted molar refractivity (Wildman–Crippen MR) is 74.0 cm³/mol. The molecule has 0 aliphatic rings. The first-order valence-electron chi connectivity index (χ1n) is 6.06. The van der Waals surface area contributed by atoms with Crippen LogP contribution in [0.25, 0.3) is 0 Å². The highest BCUT2D eigenvalue weighted by Gasteiger charge is 2.20. The molecule has 0 aliphatic heterocycles. The molecule has 0 fully saturated rings. The molecule has 0 unspecified atom stereocenters. The fraction of sp³-hybridized carbons (Fsp3) is 0.500. The molecule has 4 nitrogen and oxygen atoms in total. The van der Waals surface area contributed by atoms with E-state index >= 15 is 0 Å². The minimum Gasteiger partial charge on any atom is -0.396 e. The van der Waals surface area contributed by atoms with Crippen molar-refractivity contribution in [2.75, 3.05) is 25.6 Å². The number of carbonyl (C=O) groups excluding carboxylic acids is 1. The molecule has 0 spiro atoms. The summed E-state index contributed by atoms with van der Waals surface area (Å²) in [5, 5.41) is 11.8. The molecular formula is C14H22N2O2. The van der Waals surface area contributed by atoms with Crippen LogP contribution in [0.5, 0.6) is 0 Å². The lowest BCUT2D eigenvalue weighted by atomic mass is 10.0. The predicted octanol–water partition coefficient (Wildman–Crippen LogP) is 1.64. The summed E-state index contributed by atoms with van der Waals surface area (Å²) in [5.74, 6) is -0.112. The molecule has 2 N–H and O–H groups in total. The lowest BCUT2D eigenvalue weighted by Gasteiger charge is -2.25. The minimum atomic E-state index is -0.397. The Morgan fingerprint density at radius 1 is 1.28 bits per heavy atom. The van der Waals surface area contributed by atoms with Crippen LogP contribution in [0, 0.1) is 0 Å². The molecule has 0 atom stereocenters. The molecule has 1 rings (SSSR count). The number of anilines is 1. The molecular weight excluding hydrogens is 228 g/mol. The van der Waals surface area contributed by atoms with Crippen molar-refractivity contribution < 1.29 is 9.90 Å². The van der Waals surface area contributed by atoms with Crippen LogP contribution >= 0.6 is 0 Å². The first kappa shape index (κ1) is 14.5. The molecule has 18 heavy (non-hydrogen) atoms. The number of amides is 1. The first-order chi connectivity index (χ1) is 8.35. The van der Waals surface area contributed by atoms with E-state index in [0.717, 1.165) is 5.69 Å². The maximum Gasteiger partial charge on any atom is 0.251 e. The summed E-state index contributed by atoms with van der Waals surface area (Å²) in [6, 6.07) is 7.43. The van der Waals surface area contributed by atoms with Gasteiger partial charge in [0.05, 0.1) is 0 Å². The highest BCUT2D eigenvalue weighted by Crippen LogP contribution is 2.14. The second kappa shape index (κ2) is 5.87. The number of aliphatic hydroxyl groups excluding tert-OH is 1. The molecule has 0 bridgehead atoms. The van der Waals surface area contributed by atoms with Crippen LogP contribution in [0.4, 0.5) is 5.69 Å². The van der Waals surface area contributed by atoms with Crippen LogP contribution in [0.1, 0.15) is 30.6 Å². The topological polar surface area (TPSA) is 52.6 Å². The largest absolute Gasteiger partial charge is 0.396 e. The molecule has 0 aromatic heterocycles. The fourth-order valence-electron chi connectivity index (χ4n) is 1.63. The number of rotatable bonds is 5. The third-order valence-corrected chi connectivity index (χ3v) is 2.83. The summed E-state index contributed by atoms with van der Waals surface area (Å²) in [7, 11) is 3.92. The zero-order chi connectivity index (χ0) is 13.8. The Morgan fingerprint density at radius 2 is 1.83 bits per heavy atom. The minimum absolute atomic E-state index is 0.0623. The van der Waals surface area contributed by atoms with Crippen molar-refractivity contribution in [3.63, 3.8) is 0 Å². The number of aliphatic hydroxyl groups is 1. The van der Waals surface area contributed by atoms with Crippen molar-refractivity contribution in [1.82, 2.24) is 5.32 Å². The van der Waals surface area contributed by atoms with E-state index in [1.807, 2.05) is 45.0 Å². The lowest BCUT2D eigenvalue weighted by molar-refractivity contribution is 0.0899. The lowest BCUT2D eigenvalue weighted by Crippen LogP contribution is -2.44. The number of hydrogen-bond donors (Lipinski definition) is 2. The van der Waals surface area contributed by atoms with E-state index in [1.54, 1.807) is 12.1 Å². The van der Waals surface area contributed by atoms with Crippen LogP contribution in [-0.4, -0.2) is 37.3 Å². The van der Waals surface area contributed by atoms with Crippen LogP contribution < -0.4 is 10.2 Å². The molecule has 0 aliphatic carbocycles. The van der Waals surface area contributed by atoms with E-state index in [0.29, 0.717) is 12.0 Å². The van der Waals surface area contributed by atoms with Gasteiger partial charge in [-0.2, -0.15) is 0 Å². The van der Waals surface area contributed by atoms with Gasteiger partial charge < -0.3 is 15.3 Å². The average molecular weight is 250 g/mol. The summed E-state index contributed by atoms with van der Waals surface area (Å²) >= 11 is 0. The van der Waals surface area contributed by atoms with E-state index in [9.17, 15) is 4.79 Å². The van der Waals surface area contributed by atoms with Gasteiger partial charge in [-0.1, -0.05) is 0 Å². The van der Waals surface area contributed by atoms with Crippen molar-refractivity contribution in [3.05, 3.63) is 29.8 Å². The molecule has 0 heterocycles. The van der Waals surface area contributed by atoms with E-state index in [4.69, 9.17) is 5.11 Å². The Hall–Kier alpha value is -1.55. The maximum absolute atomic E-state index is 12.0. The zero-order valence-electron chi connectivity index (χ0n) is 11.5. The van der Waals surface area contributed by atoms with Gasteiger partial charge in [0.2, 0.25) is 0 Å². The highest BCUT2D eigenvalue weighted by molar-refractivity contribution is 5.95. The third-order valence-electron chi connectivity index (χ3n) is 2.83. The van der Waals surface area contributed by atoms with Crippen LogP contribution in [0.2, 0.25) is 0 Å². The molecule has 0 radical (unpaired) electrons. The summed E-state index contributed by atoms with van der Waals surface area (Å²) in [6.07, 6.45) is 0.536. The van der Waals surface area contributed by atoms with Gasteiger partial charge in [-0.3, -0.25) is 4.79 Å². The average Bonchev–Trinajstić information content (AvgIpc) is 2.28. The number of carbonyl (C=O) groups is 1. The van der Waals surface area contributed by atoms with Crippen molar-refractivity contribution >= 4 is 11.6 Å². The zero-order valence-corrected chi connectivity index (χ0v) is 11.5. The summed E-state index contributed by atoms with van der Waals surface area (Å²) in [4.78, 5) is 14.0. The van der Waals surface area contributed by atoms with Crippen molar-refractivity contribution in [2.24, 2.45) is 0 Å². The molecule has 1 aromatic rings. The Labute approximate surface area is 109 Å². The fourth-order valence-corrected chi connectivity index (χ4v) is 1.63. The smallest absolute Gasteiger partial charge is 0.251 e. The third kappa shape index (κ3) is 4.04. The van der Waals surface area contributed by atoms with Gasteiger partial charge >= 0.3 is 0 Å². The molecule has 1 aromatic carbocycles. The Morgan fingerprint density at radius 3 is 2.28 bits per heavy atom. The number of nitrogens with zero attached hydrogens (tertiary/aromatic N) is 1. The summed E-state index contributed by atoms with van der Waals surface area (Å²) in [6.45, 7) is 3.86. The number of benzene rings is 1. The quantitative estimate of drug-likeness (QED) is 0.835. The van der Waals surface area contributed by atoms with E-state index < -0.39 is 5.54 Å². The van der Waals surface area contributed by atoms with Gasteiger partial charge in [-0.15, -0.1) is 0 Å². The second-order valence-corrected chi connectivity index (χ2v) is 5.25. The SMILES string of the molecule is CN(C)c1ccc(C(=O)NC(C)(C)CCO)cc1. The Kier molecular flexibility index (Phi) is 4.73. The first-order valence-corrected chi connectivity index (χ1v) is 6.06. The normalized spacial score (nSPS) is 11.2. The van der Waals surface area contributed by atoms with Crippen molar-refractivity contribution in [2.45, 2.75) is 25.8 Å². The Balaban J connectivity index is 2.73. The molecule has 1 amide bonds. The van der Waals surface area contributed by atoms with E-state index in [-0.39, 0.29) is 12.5 Å². The monoisotopic (exact) mass is 250 g/mol. The van der Waals surface area contributed by atoms with Crippen LogP contribution in [-0.2, 0) is 0 Å². The van der Waals surface area contributed by atoms with Crippen LogP contribution in [0.3, 0.4) is 0 Å². The molecule has 0 saturated carbocycles. The number of hydrogen-bond acceptors (Lipinski definition) is 3. The van der Waals surface area contributed by atoms with E-state index in [2.05, 4.69) is 5.32 Å². The second-order valence-electron chi connectivity index (χ2n) is 5.25. The summed E-state index contributed by atoms with van der Waals surface area (Å²) < 4.78 is 0. The molecule has 100 valence electrons. The molecule has 0 saturated heterocycles. The van der Waals surface area contributed by atoms with Gasteiger partial charge in [0.1, 0.15) is 0 Å². The number of nitrogens with one attached hydrogen (secondary N) is 1. The maximum atomic E-state index is 12.0. The standard InChI is InChI=1S/C14H22N2O2/c1-14(2,9-10-17)15-13(18)11-5-7-12(8-6-11)16(3)4/h5-8,17H,9-10H2,1-4H3,(H,15,18). The van der Waals surface area contributed by atoms with Crippen LogP contribution in [0.15, 0.2) is 24.3 Å². The molecule has 4 heteroatoms. The van der Waals surface area contributed by atoms with Crippen molar-refractivity contribution in [1.29, 1.82) is 0 Å². The van der Waals surface area contributed by atoms with Gasteiger partial charge in [-0.05, 0) is 44.5 Å².